The Morgan fingerprint density at radius 3 is 2.96 bits per heavy atom. The minimum Gasteiger partial charge on any atom is -0.377 e. The van der Waals surface area contributed by atoms with Gasteiger partial charge < -0.3 is 9.64 Å². The molecular weight excluding hydrogens is 354 g/mol. The van der Waals surface area contributed by atoms with Crippen molar-refractivity contribution in [1.29, 1.82) is 0 Å². The summed E-state index contributed by atoms with van der Waals surface area (Å²) in [6.07, 6.45) is 6.60. The number of ether oxygens (including phenoxy) is 1. The molecule has 1 N–H and O–H groups in total. The maximum atomic E-state index is 12.3. The van der Waals surface area contributed by atoms with Gasteiger partial charge >= 0.3 is 0 Å². The van der Waals surface area contributed by atoms with Crippen LogP contribution in [-0.2, 0) is 14.5 Å². The van der Waals surface area contributed by atoms with Gasteiger partial charge in [0.05, 0.1) is 42.7 Å². The number of H-pyrrole nitrogens is 1. The minimum atomic E-state index is -2.33. The molecule has 0 radical (unpaired) electrons. The Labute approximate surface area is 151 Å². The van der Waals surface area contributed by atoms with Crippen molar-refractivity contribution in [3.8, 4) is 5.82 Å². The number of hydrogen-bond donors (Lipinski definition) is 1. The highest BCUT2D eigenvalue weighted by Crippen LogP contribution is 2.32. The number of nitrogens with zero attached hydrogens (tertiary/aromatic N) is 6. The van der Waals surface area contributed by atoms with Crippen LogP contribution in [0.15, 0.2) is 28.9 Å². The highest BCUT2D eigenvalue weighted by Gasteiger charge is 2.23. The number of fused-ring (bicyclic) bond motifs is 1. The van der Waals surface area contributed by atoms with E-state index in [-0.39, 0.29) is 6.04 Å². The SMILES string of the molecule is C[C@@H]1COCCN1c1cc(N=S(C)(C)=O)c2cnn(-c3ccn[nH]3)c2n1. The predicted octanol–water partition coefficient (Wildman–Crippen LogP) is 1.73. The van der Waals surface area contributed by atoms with Crippen LogP contribution in [0.25, 0.3) is 16.9 Å². The monoisotopic (exact) mass is 375 g/mol. The molecule has 138 valence electrons. The maximum absolute atomic E-state index is 12.3. The second kappa shape index (κ2) is 6.36. The number of aromatic amines is 1. The standard InChI is InChI=1S/C16H21N7O2S/c1-11-10-25-7-6-22(11)15-8-13(21-26(2,3)24)12-9-18-23(16(12)19-15)14-4-5-17-20-14/h4-5,8-9,11H,6-7,10H2,1-3H3,(H,17,20)/t11-/m1/s1. The smallest absolute Gasteiger partial charge is 0.169 e. The maximum Gasteiger partial charge on any atom is 0.169 e. The van der Waals surface area contributed by atoms with Gasteiger partial charge in [-0.25, -0.2) is 9.19 Å². The molecule has 0 aliphatic carbocycles. The highest BCUT2D eigenvalue weighted by molar-refractivity contribution is 7.92. The first-order valence-corrected chi connectivity index (χ1v) is 10.7. The lowest BCUT2D eigenvalue weighted by Crippen LogP contribution is -2.44. The average molecular weight is 375 g/mol. The lowest BCUT2D eigenvalue weighted by Gasteiger charge is -2.34. The Bertz CT molecular complexity index is 1040. The second-order valence-electron chi connectivity index (χ2n) is 6.62. The fraction of sp³-hybridized carbons (Fsp3) is 0.438. The lowest BCUT2D eigenvalue weighted by atomic mass is 10.2. The molecule has 4 heterocycles. The number of aromatic nitrogens is 5. The van der Waals surface area contributed by atoms with Crippen molar-refractivity contribution in [2.75, 3.05) is 37.2 Å². The van der Waals surface area contributed by atoms with E-state index in [0.717, 1.165) is 17.7 Å². The Hall–Kier alpha value is -2.46. The van der Waals surface area contributed by atoms with Gasteiger partial charge in [0.1, 0.15) is 5.82 Å². The molecule has 4 rings (SSSR count). The first-order chi connectivity index (χ1) is 12.4. The summed E-state index contributed by atoms with van der Waals surface area (Å²) in [4.78, 5) is 7.01. The van der Waals surface area contributed by atoms with E-state index < -0.39 is 9.73 Å². The van der Waals surface area contributed by atoms with Crippen LogP contribution in [0, 0.1) is 0 Å². The van der Waals surface area contributed by atoms with Crippen LogP contribution in [0.3, 0.4) is 0 Å². The van der Waals surface area contributed by atoms with Gasteiger partial charge in [0, 0.05) is 40.9 Å². The fourth-order valence-corrected chi connectivity index (χ4v) is 3.67. The van der Waals surface area contributed by atoms with E-state index in [1.54, 1.807) is 29.6 Å². The first-order valence-electron chi connectivity index (χ1n) is 8.32. The topological polar surface area (TPSA) is 101 Å². The molecule has 26 heavy (non-hydrogen) atoms. The zero-order valence-electron chi connectivity index (χ0n) is 14.9. The summed E-state index contributed by atoms with van der Waals surface area (Å²) in [6, 6.07) is 3.89. The third kappa shape index (κ3) is 3.17. The third-order valence-electron chi connectivity index (χ3n) is 4.20. The van der Waals surface area contributed by atoms with Gasteiger partial charge in [-0.05, 0) is 6.92 Å². The molecule has 9 nitrogen and oxygen atoms in total. The van der Waals surface area contributed by atoms with E-state index in [9.17, 15) is 4.21 Å². The molecule has 1 aliphatic heterocycles. The van der Waals surface area contributed by atoms with Crippen LogP contribution in [-0.4, -0.2) is 67.5 Å². The van der Waals surface area contributed by atoms with Crippen LogP contribution in [0.2, 0.25) is 0 Å². The zero-order valence-corrected chi connectivity index (χ0v) is 15.7. The molecule has 0 amide bonds. The number of morpholine rings is 1. The normalized spacial score (nSPS) is 18.4. The summed E-state index contributed by atoms with van der Waals surface area (Å²) in [6.45, 7) is 4.13. The molecule has 0 unspecified atom stereocenters. The quantitative estimate of drug-likeness (QED) is 0.748. The zero-order chi connectivity index (χ0) is 18.3. The summed E-state index contributed by atoms with van der Waals surface area (Å²) < 4.78 is 24.0. The summed E-state index contributed by atoms with van der Waals surface area (Å²) in [5.74, 6) is 1.48. The van der Waals surface area contributed by atoms with Crippen LogP contribution in [0.4, 0.5) is 11.5 Å². The highest BCUT2D eigenvalue weighted by atomic mass is 32.2. The van der Waals surface area contributed by atoms with Crippen LogP contribution in [0.1, 0.15) is 6.92 Å². The average Bonchev–Trinajstić information content (AvgIpc) is 3.22. The van der Waals surface area contributed by atoms with E-state index >= 15 is 0 Å². The fourth-order valence-electron chi connectivity index (χ4n) is 3.04. The summed E-state index contributed by atoms with van der Waals surface area (Å²) >= 11 is 0. The van der Waals surface area contributed by atoms with Gasteiger partial charge in [-0.1, -0.05) is 0 Å². The third-order valence-corrected chi connectivity index (χ3v) is 4.84. The molecule has 1 atom stereocenters. The molecule has 1 saturated heterocycles. The molecular formula is C16H21N7O2S. The lowest BCUT2D eigenvalue weighted by molar-refractivity contribution is 0.0985. The van der Waals surface area contributed by atoms with Gasteiger partial charge in [0.2, 0.25) is 0 Å². The molecule has 0 spiro atoms. The molecule has 10 heteroatoms. The largest absolute Gasteiger partial charge is 0.377 e. The van der Waals surface area contributed by atoms with E-state index in [1.807, 2.05) is 12.1 Å². The molecule has 1 fully saturated rings. The Morgan fingerprint density at radius 1 is 1.42 bits per heavy atom. The number of hydrogen-bond acceptors (Lipinski definition) is 7. The van der Waals surface area contributed by atoms with Crippen LogP contribution >= 0.6 is 0 Å². The van der Waals surface area contributed by atoms with E-state index in [1.165, 1.54) is 0 Å². The van der Waals surface area contributed by atoms with E-state index in [0.29, 0.717) is 30.4 Å². The van der Waals surface area contributed by atoms with Gasteiger partial charge in [-0.2, -0.15) is 19.2 Å². The second-order valence-corrected chi connectivity index (χ2v) is 9.17. The molecule has 0 bridgehead atoms. The molecule has 3 aromatic heterocycles. The number of pyridine rings is 1. The van der Waals surface area contributed by atoms with Gasteiger partial charge in [0.25, 0.3) is 0 Å². The molecule has 1 aliphatic rings. The first kappa shape index (κ1) is 17.0. The Morgan fingerprint density at radius 2 is 2.27 bits per heavy atom. The van der Waals surface area contributed by atoms with Crippen LogP contribution < -0.4 is 4.90 Å². The van der Waals surface area contributed by atoms with Gasteiger partial charge in [-0.15, -0.1) is 0 Å². The number of anilines is 1. The van der Waals surface area contributed by atoms with Crippen molar-refractivity contribution in [1.82, 2.24) is 25.0 Å². The van der Waals surface area contributed by atoms with Crippen molar-refractivity contribution in [3.63, 3.8) is 0 Å². The summed E-state index contributed by atoms with van der Waals surface area (Å²) in [5, 5.41) is 12.0. The Balaban J connectivity index is 1.95. The number of rotatable bonds is 3. The summed E-state index contributed by atoms with van der Waals surface area (Å²) in [5.41, 5.74) is 1.28. The van der Waals surface area contributed by atoms with Crippen molar-refractivity contribution in [2.45, 2.75) is 13.0 Å². The predicted molar refractivity (Wildman–Crippen MR) is 101 cm³/mol. The van der Waals surface area contributed by atoms with Crippen LogP contribution in [0.5, 0.6) is 0 Å². The summed E-state index contributed by atoms with van der Waals surface area (Å²) in [7, 11) is -2.33. The van der Waals surface area contributed by atoms with Gasteiger partial charge in [0.15, 0.2) is 11.5 Å². The van der Waals surface area contributed by atoms with Crippen molar-refractivity contribution in [2.24, 2.45) is 4.36 Å². The van der Waals surface area contributed by atoms with Crippen molar-refractivity contribution >= 4 is 32.3 Å². The van der Waals surface area contributed by atoms with Gasteiger partial charge in [-0.3, -0.25) is 5.10 Å². The Kier molecular flexibility index (Phi) is 4.16. The van der Waals surface area contributed by atoms with E-state index in [2.05, 4.69) is 31.5 Å². The number of nitrogens with one attached hydrogen (secondary N) is 1. The van der Waals surface area contributed by atoms with E-state index in [4.69, 9.17) is 9.72 Å². The van der Waals surface area contributed by atoms with Crippen molar-refractivity contribution in [3.05, 3.63) is 24.5 Å². The molecule has 0 aromatic carbocycles. The molecule has 3 aromatic rings. The minimum absolute atomic E-state index is 0.192. The molecule has 0 saturated carbocycles. The van der Waals surface area contributed by atoms with Crippen molar-refractivity contribution < 1.29 is 8.95 Å².